The Bertz CT molecular complexity index is 509. The first kappa shape index (κ1) is 12.7. The fourth-order valence-electron chi connectivity index (χ4n) is 1.81. The largest absolute Gasteiger partial charge is 0.355 e. The molecule has 2 heterocycles. The number of imidazole rings is 2. The molecule has 0 aliphatic carbocycles. The third kappa shape index (κ3) is 2.91. The molecule has 5 nitrogen and oxygen atoms in total. The minimum absolute atomic E-state index is 0.601. The summed E-state index contributed by atoms with van der Waals surface area (Å²) in [5.41, 5.74) is 1.02. The van der Waals surface area contributed by atoms with Gasteiger partial charge in [-0.1, -0.05) is 13.8 Å². The Labute approximate surface area is 108 Å². The van der Waals surface area contributed by atoms with Gasteiger partial charge in [-0.25, -0.2) is 9.97 Å². The van der Waals surface area contributed by atoms with Crippen LogP contribution in [0.1, 0.15) is 25.4 Å². The van der Waals surface area contributed by atoms with Gasteiger partial charge in [-0.15, -0.1) is 0 Å². The number of rotatable bonds is 5. The van der Waals surface area contributed by atoms with Crippen molar-refractivity contribution in [1.82, 2.24) is 19.1 Å². The molecule has 0 aliphatic rings. The van der Waals surface area contributed by atoms with E-state index in [0.717, 1.165) is 30.6 Å². The van der Waals surface area contributed by atoms with Crippen molar-refractivity contribution in [3.8, 4) is 0 Å². The lowest BCUT2D eigenvalue weighted by Gasteiger charge is -2.11. The van der Waals surface area contributed by atoms with Crippen LogP contribution in [0, 0.1) is 12.8 Å². The molecular weight excluding hydrogens is 226 g/mol. The first-order valence-electron chi connectivity index (χ1n) is 6.30. The molecule has 0 spiro atoms. The Hall–Kier alpha value is -1.78. The van der Waals surface area contributed by atoms with Crippen molar-refractivity contribution in [2.24, 2.45) is 13.0 Å². The van der Waals surface area contributed by atoms with E-state index in [-0.39, 0.29) is 0 Å². The van der Waals surface area contributed by atoms with Crippen LogP contribution in [-0.4, -0.2) is 25.6 Å². The highest BCUT2D eigenvalue weighted by atomic mass is 15.2. The maximum absolute atomic E-state index is 4.51. The highest BCUT2D eigenvalue weighted by molar-refractivity contribution is 5.29. The van der Waals surface area contributed by atoms with Crippen LogP contribution < -0.4 is 5.32 Å². The third-order valence-corrected chi connectivity index (χ3v) is 2.80. The predicted molar refractivity (Wildman–Crippen MR) is 72.6 cm³/mol. The minimum Gasteiger partial charge on any atom is -0.355 e. The molecule has 2 aromatic rings. The Morgan fingerprint density at radius 2 is 2.17 bits per heavy atom. The number of aryl methyl sites for hydroxylation is 2. The summed E-state index contributed by atoms with van der Waals surface area (Å²) in [5.74, 6) is 2.55. The fraction of sp³-hybridized carbons (Fsp3) is 0.538. The maximum atomic E-state index is 4.51. The van der Waals surface area contributed by atoms with Crippen LogP contribution in [0.5, 0.6) is 0 Å². The molecule has 1 N–H and O–H groups in total. The smallest absolute Gasteiger partial charge is 0.203 e. The van der Waals surface area contributed by atoms with Crippen LogP contribution in [0.25, 0.3) is 0 Å². The van der Waals surface area contributed by atoms with Gasteiger partial charge in [0.2, 0.25) is 5.95 Å². The van der Waals surface area contributed by atoms with Gasteiger partial charge in [0.1, 0.15) is 5.82 Å². The second-order valence-electron chi connectivity index (χ2n) is 5.06. The van der Waals surface area contributed by atoms with E-state index in [1.807, 2.05) is 30.9 Å². The van der Waals surface area contributed by atoms with E-state index in [9.17, 15) is 0 Å². The van der Waals surface area contributed by atoms with Gasteiger partial charge in [0.05, 0.1) is 12.2 Å². The molecule has 98 valence electrons. The van der Waals surface area contributed by atoms with E-state index in [4.69, 9.17) is 0 Å². The highest BCUT2D eigenvalue weighted by Gasteiger charge is 2.08. The van der Waals surface area contributed by atoms with Crippen molar-refractivity contribution in [1.29, 1.82) is 0 Å². The molecule has 0 bridgehead atoms. The van der Waals surface area contributed by atoms with Gasteiger partial charge in [0.15, 0.2) is 0 Å². The number of aromatic nitrogens is 4. The average Bonchev–Trinajstić information content (AvgIpc) is 2.84. The zero-order valence-electron chi connectivity index (χ0n) is 11.5. The van der Waals surface area contributed by atoms with E-state index < -0.39 is 0 Å². The molecule has 0 fully saturated rings. The molecule has 0 aromatic carbocycles. The molecule has 2 rings (SSSR count). The van der Waals surface area contributed by atoms with Gasteiger partial charge in [-0.2, -0.15) is 0 Å². The summed E-state index contributed by atoms with van der Waals surface area (Å²) >= 11 is 0. The van der Waals surface area contributed by atoms with Crippen molar-refractivity contribution in [3.05, 3.63) is 30.1 Å². The Morgan fingerprint density at radius 3 is 2.78 bits per heavy atom. The Kier molecular flexibility index (Phi) is 3.69. The minimum atomic E-state index is 0.601. The Morgan fingerprint density at radius 1 is 1.39 bits per heavy atom. The van der Waals surface area contributed by atoms with E-state index in [0.29, 0.717) is 5.92 Å². The molecule has 0 unspecified atom stereocenters. The van der Waals surface area contributed by atoms with Crippen molar-refractivity contribution < 1.29 is 0 Å². The second kappa shape index (κ2) is 5.25. The SMILES string of the molecule is Cc1cn(Cc2nccn2C)c(NCC(C)C)n1. The molecule has 5 heteroatoms. The molecule has 0 saturated carbocycles. The van der Waals surface area contributed by atoms with E-state index in [2.05, 4.69) is 39.9 Å². The number of anilines is 1. The monoisotopic (exact) mass is 247 g/mol. The number of hydrogen-bond donors (Lipinski definition) is 1. The first-order chi connectivity index (χ1) is 8.56. The second-order valence-corrected chi connectivity index (χ2v) is 5.06. The summed E-state index contributed by atoms with van der Waals surface area (Å²) < 4.78 is 4.14. The van der Waals surface area contributed by atoms with Gasteiger partial charge in [0.25, 0.3) is 0 Å². The van der Waals surface area contributed by atoms with Crippen molar-refractivity contribution >= 4 is 5.95 Å². The van der Waals surface area contributed by atoms with Crippen LogP contribution in [0.3, 0.4) is 0 Å². The molecule has 0 aliphatic heterocycles. The number of nitrogens with zero attached hydrogens (tertiary/aromatic N) is 4. The van der Waals surface area contributed by atoms with E-state index in [1.165, 1.54) is 0 Å². The third-order valence-electron chi connectivity index (χ3n) is 2.80. The van der Waals surface area contributed by atoms with Crippen LogP contribution >= 0.6 is 0 Å². The summed E-state index contributed by atoms with van der Waals surface area (Å²) in [4.78, 5) is 8.85. The summed E-state index contributed by atoms with van der Waals surface area (Å²) in [7, 11) is 2.01. The zero-order valence-corrected chi connectivity index (χ0v) is 11.5. The topological polar surface area (TPSA) is 47.7 Å². The lowest BCUT2D eigenvalue weighted by Crippen LogP contribution is -2.14. The average molecular weight is 247 g/mol. The lowest BCUT2D eigenvalue weighted by atomic mass is 10.2. The molecule has 0 saturated heterocycles. The normalized spacial score (nSPS) is 11.2. The van der Waals surface area contributed by atoms with Gasteiger partial charge >= 0.3 is 0 Å². The molecular formula is C13H21N5. The molecule has 0 amide bonds. The van der Waals surface area contributed by atoms with Gasteiger partial charge < -0.3 is 14.5 Å². The molecule has 18 heavy (non-hydrogen) atoms. The number of hydrogen-bond acceptors (Lipinski definition) is 3. The lowest BCUT2D eigenvalue weighted by molar-refractivity contribution is 0.665. The first-order valence-corrected chi connectivity index (χ1v) is 6.30. The predicted octanol–water partition coefficient (Wildman–Crippen LogP) is 2.04. The highest BCUT2D eigenvalue weighted by Crippen LogP contribution is 2.11. The van der Waals surface area contributed by atoms with Crippen LogP contribution in [0.2, 0.25) is 0 Å². The van der Waals surface area contributed by atoms with Gasteiger partial charge in [-0.05, 0) is 12.8 Å². The maximum Gasteiger partial charge on any atom is 0.203 e. The van der Waals surface area contributed by atoms with Gasteiger partial charge in [0, 0.05) is 32.2 Å². The van der Waals surface area contributed by atoms with Gasteiger partial charge in [-0.3, -0.25) is 0 Å². The molecule has 0 atom stereocenters. The van der Waals surface area contributed by atoms with Crippen LogP contribution in [0.4, 0.5) is 5.95 Å². The van der Waals surface area contributed by atoms with Crippen molar-refractivity contribution in [2.75, 3.05) is 11.9 Å². The quantitative estimate of drug-likeness (QED) is 0.879. The summed E-state index contributed by atoms with van der Waals surface area (Å²) in [6.45, 7) is 8.05. The van der Waals surface area contributed by atoms with E-state index >= 15 is 0 Å². The molecule has 0 radical (unpaired) electrons. The standard InChI is InChI=1S/C13H21N5/c1-10(2)7-15-13-16-11(3)8-18(13)9-12-14-5-6-17(12)4/h5-6,8,10H,7,9H2,1-4H3,(H,15,16). The zero-order chi connectivity index (χ0) is 13.1. The summed E-state index contributed by atoms with van der Waals surface area (Å²) in [6, 6.07) is 0. The van der Waals surface area contributed by atoms with Crippen molar-refractivity contribution in [3.63, 3.8) is 0 Å². The fourth-order valence-corrected chi connectivity index (χ4v) is 1.81. The number of nitrogens with one attached hydrogen (secondary N) is 1. The van der Waals surface area contributed by atoms with Crippen molar-refractivity contribution in [2.45, 2.75) is 27.3 Å². The summed E-state index contributed by atoms with van der Waals surface area (Å²) in [6.07, 6.45) is 5.83. The van der Waals surface area contributed by atoms with Crippen LogP contribution in [-0.2, 0) is 13.6 Å². The Balaban J connectivity index is 2.14. The molecule has 2 aromatic heterocycles. The van der Waals surface area contributed by atoms with Crippen LogP contribution in [0.15, 0.2) is 18.6 Å². The van der Waals surface area contributed by atoms with E-state index in [1.54, 1.807) is 0 Å². The summed E-state index contributed by atoms with van der Waals surface area (Å²) in [5, 5.41) is 3.38.